The van der Waals surface area contributed by atoms with Crippen molar-refractivity contribution in [1.82, 2.24) is 0 Å². The molecule has 0 nitrogen and oxygen atoms in total. The molecule has 0 spiro atoms. The normalized spacial score (nSPS) is 14.4. The fourth-order valence-electron chi connectivity index (χ4n) is 7.23. The van der Waals surface area contributed by atoms with Crippen molar-refractivity contribution in [3.63, 3.8) is 0 Å². The van der Waals surface area contributed by atoms with Crippen LogP contribution in [0.3, 0.4) is 0 Å². The van der Waals surface area contributed by atoms with Crippen molar-refractivity contribution in [3.8, 4) is 11.1 Å². The molecule has 0 unspecified atom stereocenters. The third-order valence-corrected chi connectivity index (χ3v) is 26.1. The second kappa shape index (κ2) is 11.3. The molecule has 2 aliphatic rings. The van der Waals surface area contributed by atoms with Gasteiger partial charge in [-0.3, -0.25) is 0 Å². The number of allylic oxidation sites excluding steroid dienone is 4. The SMILES string of the molecule is Cl.Cl.[CH2]=[Zr]([C]1=CC=CC1)([c]1ccc(C(C)(C)C)cc1)([c]1ccc(C(C)(C)C)cc1)[c]1cccc2c1Cc1ccccc1-2. The summed E-state index contributed by atoms with van der Waals surface area (Å²) in [4.78, 5) is 0. The quantitative estimate of drug-likeness (QED) is 0.179. The fourth-order valence-corrected chi connectivity index (χ4v) is 22.5. The predicted octanol–water partition coefficient (Wildman–Crippen LogP) is 8.94. The van der Waals surface area contributed by atoms with Crippen molar-refractivity contribution in [1.29, 1.82) is 0 Å². The molecule has 0 saturated heterocycles. The molecule has 0 fully saturated rings. The first kappa shape index (κ1) is 32.6. The van der Waals surface area contributed by atoms with Gasteiger partial charge in [0.2, 0.25) is 0 Å². The summed E-state index contributed by atoms with van der Waals surface area (Å²) >= 11 is -4.66. The molecule has 0 atom stereocenters. The van der Waals surface area contributed by atoms with E-state index in [1.54, 1.807) is 0 Å². The topological polar surface area (TPSA) is 0 Å². The van der Waals surface area contributed by atoms with Crippen LogP contribution in [0, 0.1) is 0 Å². The minimum atomic E-state index is -4.66. The van der Waals surface area contributed by atoms with Crippen LogP contribution >= 0.6 is 24.8 Å². The van der Waals surface area contributed by atoms with Crippen LogP contribution in [0.4, 0.5) is 0 Å². The maximum atomic E-state index is 5.62. The van der Waals surface area contributed by atoms with Crippen LogP contribution in [0.1, 0.15) is 70.2 Å². The number of halogens is 2. The monoisotopic (exact) mass is 672 g/mol. The van der Waals surface area contributed by atoms with E-state index in [4.69, 9.17) is 4.21 Å². The van der Waals surface area contributed by atoms with Crippen molar-refractivity contribution in [2.24, 2.45) is 0 Å². The van der Waals surface area contributed by atoms with E-state index < -0.39 is 18.3 Å². The number of hydrogen-bond acceptors (Lipinski definition) is 0. The van der Waals surface area contributed by atoms with E-state index in [-0.39, 0.29) is 35.6 Å². The molecule has 0 N–H and O–H groups in total. The standard InChI is InChI=1S/C13H9.2C10H13.C5H5.CH2.2ClH.Zr/c1-3-7-12-10(5-1)9-11-6-2-4-8-13(11)12;2*1-10(2,3)9-7-5-4-6-8-9;1-2-4-5-3-1;;;;/h1-5,7-8H,9H2;2*5-8H,1-3H3;1-3H,4H2;1H2;2*1H;. The summed E-state index contributed by atoms with van der Waals surface area (Å²) in [6, 6.07) is 35.3. The Morgan fingerprint density at radius 2 is 1.14 bits per heavy atom. The molecule has 6 rings (SSSR count). The number of fused-ring (bicyclic) bond motifs is 3. The zero-order valence-electron chi connectivity index (χ0n) is 25.8. The van der Waals surface area contributed by atoms with Gasteiger partial charge in [0, 0.05) is 0 Å². The van der Waals surface area contributed by atoms with Crippen molar-refractivity contribution in [2.75, 3.05) is 0 Å². The van der Waals surface area contributed by atoms with Crippen LogP contribution < -0.4 is 9.81 Å². The summed E-state index contributed by atoms with van der Waals surface area (Å²) in [5.41, 5.74) is 8.62. The van der Waals surface area contributed by atoms with Crippen LogP contribution in [0.25, 0.3) is 11.1 Å². The number of hydrogen-bond donors (Lipinski definition) is 0. The molecule has 0 aromatic heterocycles. The summed E-state index contributed by atoms with van der Waals surface area (Å²) in [5, 5.41) is 0. The third kappa shape index (κ3) is 4.91. The Morgan fingerprint density at radius 3 is 1.64 bits per heavy atom. The third-order valence-electron chi connectivity index (χ3n) is 9.70. The molecule has 3 heteroatoms. The first-order chi connectivity index (χ1) is 18.9. The first-order valence-corrected chi connectivity index (χ1v) is 21.4. The average Bonchev–Trinajstić information content (AvgIpc) is 3.61. The van der Waals surface area contributed by atoms with Gasteiger partial charge in [0.05, 0.1) is 0 Å². The van der Waals surface area contributed by atoms with Crippen molar-refractivity contribution >= 4 is 38.8 Å². The van der Waals surface area contributed by atoms with Crippen LogP contribution in [0.15, 0.2) is 113 Å². The van der Waals surface area contributed by atoms with Gasteiger partial charge in [-0.15, -0.1) is 24.8 Å². The van der Waals surface area contributed by atoms with Gasteiger partial charge in [0.25, 0.3) is 0 Å². The van der Waals surface area contributed by atoms with Gasteiger partial charge in [-0.05, 0) is 0 Å². The van der Waals surface area contributed by atoms with E-state index in [0.717, 1.165) is 12.8 Å². The molecule has 0 aliphatic heterocycles. The minimum absolute atomic E-state index is 0. The Morgan fingerprint density at radius 1 is 0.619 bits per heavy atom. The van der Waals surface area contributed by atoms with Gasteiger partial charge in [0.1, 0.15) is 0 Å². The van der Waals surface area contributed by atoms with E-state index in [1.165, 1.54) is 46.5 Å². The Balaban J connectivity index is 0.00000202. The van der Waals surface area contributed by atoms with E-state index in [2.05, 4.69) is 151 Å². The number of rotatable bonds is 4. The van der Waals surface area contributed by atoms with E-state index in [9.17, 15) is 0 Å². The van der Waals surface area contributed by atoms with Crippen LogP contribution in [0.2, 0.25) is 0 Å². The molecule has 4 aromatic carbocycles. The Bertz CT molecular complexity index is 1680. The van der Waals surface area contributed by atoms with Gasteiger partial charge in [-0.25, -0.2) is 0 Å². The summed E-state index contributed by atoms with van der Waals surface area (Å²) in [7, 11) is 0. The van der Waals surface area contributed by atoms with E-state index in [0.29, 0.717) is 0 Å². The first-order valence-electron chi connectivity index (χ1n) is 14.7. The van der Waals surface area contributed by atoms with Gasteiger partial charge in [0.15, 0.2) is 0 Å². The summed E-state index contributed by atoms with van der Waals surface area (Å²) in [6.07, 6.45) is 8.95. The molecule has 218 valence electrons. The fraction of sp³-hybridized carbons (Fsp3) is 0.256. The van der Waals surface area contributed by atoms with E-state index in [1.807, 2.05) is 0 Å². The summed E-state index contributed by atoms with van der Waals surface area (Å²) in [5.74, 6) is 0. The molecule has 0 heterocycles. The number of benzene rings is 4. The van der Waals surface area contributed by atoms with Gasteiger partial charge < -0.3 is 0 Å². The zero-order chi connectivity index (χ0) is 28.4. The molecule has 0 amide bonds. The second-order valence-corrected chi connectivity index (χ2v) is 27.0. The van der Waals surface area contributed by atoms with Crippen molar-refractivity contribution in [3.05, 3.63) is 135 Å². The molecule has 0 bridgehead atoms. The molecule has 0 saturated carbocycles. The molecular weight excluding hydrogens is 631 g/mol. The Hall–Kier alpha value is -2.31. The van der Waals surface area contributed by atoms with Crippen molar-refractivity contribution < 1.29 is 18.3 Å². The summed E-state index contributed by atoms with van der Waals surface area (Å²) < 4.78 is 11.5. The van der Waals surface area contributed by atoms with Crippen LogP contribution in [-0.4, -0.2) is 4.21 Å². The molecule has 2 aliphatic carbocycles. The molecule has 0 radical (unpaired) electrons. The second-order valence-electron chi connectivity index (χ2n) is 14.1. The molecular formula is C39H44Cl2Zr. The Labute approximate surface area is 266 Å². The van der Waals surface area contributed by atoms with E-state index >= 15 is 0 Å². The molecule has 42 heavy (non-hydrogen) atoms. The van der Waals surface area contributed by atoms with Gasteiger partial charge in [-0.1, -0.05) is 0 Å². The zero-order valence-corrected chi connectivity index (χ0v) is 29.9. The van der Waals surface area contributed by atoms with Gasteiger partial charge in [-0.2, -0.15) is 0 Å². The predicted molar refractivity (Wildman–Crippen MR) is 187 cm³/mol. The van der Waals surface area contributed by atoms with Crippen molar-refractivity contribution in [2.45, 2.75) is 65.2 Å². The van der Waals surface area contributed by atoms with Gasteiger partial charge >= 0.3 is 243 Å². The summed E-state index contributed by atoms with van der Waals surface area (Å²) in [6.45, 7) is 13.8. The average molecular weight is 675 g/mol. The van der Waals surface area contributed by atoms with Crippen LogP contribution in [-0.2, 0) is 35.5 Å². The Kier molecular flexibility index (Phi) is 8.79. The maximum absolute atomic E-state index is 5.62. The van der Waals surface area contributed by atoms with Crippen LogP contribution in [0.5, 0.6) is 0 Å². The molecule has 4 aromatic rings.